The molecule has 0 aliphatic heterocycles. The predicted octanol–water partition coefficient (Wildman–Crippen LogP) is 3.39. The summed E-state index contributed by atoms with van der Waals surface area (Å²) < 4.78 is 0. The molecule has 1 aromatic carbocycles. The van der Waals surface area contributed by atoms with Crippen LogP contribution >= 0.6 is 11.6 Å². The molecule has 0 spiro atoms. The molecule has 2 nitrogen and oxygen atoms in total. The number of rotatable bonds is 2. The van der Waals surface area contributed by atoms with Crippen LogP contribution in [0.2, 0.25) is 5.02 Å². The summed E-state index contributed by atoms with van der Waals surface area (Å²) in [5, 5.41) is 3.57. The second-order valence-electron chi connectivity index (χ2n) is 4.86. The molecular weight excluding hydrogens is 258 g/mol. The lowest BCUT2D eigenvalue weighted by molar-refractivity contribution is -0.125. The summed E-state index contributed by atoms with van der Waals surface area (Å²) in [4.78, 5) is 11.9. The highest BCUT2D eigenvalue weighted by atomic mass is 35.5. The third-order valence-corrected chi connectivity index (χ3v) is 3.62. The monoisotopic (exact) mass is 275 g/mol. The van der Waals surface area contributed by atoms with Crippen molar-refractivity contribution in [3.63, 3.8) is 0 Å². The minimum absolute atomic E-state index is 0.153. The molecule has 0 unspecified atom stereocenters. The van der Waals surface area contributed by atoms with Crippen molar-refractivity contribution in [3.8, 4) is 11.8 Å². The highest BCUT2D eigenvalue weighted by Gasteiger charge is 2.19. The highest BCUT2D eigenvalue weighted by Crippen LogP contribution is 2.23. The lowest BCUT2D eigenvalue weighted by Gasteiger charge is -2.19. The number of nitrogens with one attached hydrogen (secondary N) is 1. The predicted molar refractivity (Wildman–Crippen MR) is 77.9 cm³/mol. The van der Waals surface area contributed by atoms with E-state index in [1.165, 1.54) is 19.3 Å². The van der Waals surface area contributed by atoms with Crippen LogP contribution in [0.1, 0.15) is 37.7 Å². The Morgan fingerprint density at radius 2 is 2.11 bits per heavy atom. The molecule has 1 aliphatic carbocycles. The van der Waals surface area contributed by atoms with Gasteiger partial charge >= 0.3 is 0 Å². The summed E-state index contributed by atoms with van der Waals surface area (Å²) in [5.41, 5.74) is 0.874. The largest absolute Gasteiger partial charge is 0.345 e. The van der Waals surface area contributed by atoms with E-state index in [1.807, 2.05) is 24.3 Å². The molecule has 0 heterocycles. The number of carbonyl (C=O) groups excluding carboxylic acids is 1. The number of hydrogen-bond acceptors (Lipinski definition) is 1. The van der Waals surface area contributed by atoms with Crippen molar-refractivity contribution in [2.45, 2.75) is 32.1 Å². The van der Waals surface area contributed by atoms with E-state index >= 15 is 0 Å². The smallest absolute Gasteiger partial charge is 0.223 e. The zero-order chi connectivity index (χ0) is 13.5. The molecule has 1 amide bonds. The Bertz CT molecular complexity index is 495. The van der Waals surface area contributed by atoms with Gasteiger partial charge in [-0.1, -0.05) is 48.8 Å². The SMILES string of the molecule is O=C(NCC#Cc1cccc(Cl)c1)C1CCCCC1. The lowest BCUT2D eigenvalue weighted by Crippen LogP contribution is -2.32. The van der Waals surface area contributed by atoms with Crippen molar-refractivity contribution in [3.05, 3.63) is 34.9 Å². The molecule has 2 rings (SSSR count). The molecule has 1 aromatic rings. The quantitative estimate of drug-likeness (QED) is 0.824. The van der Waals surface area contributed by atoms with Gasteiger partial charge in [0.25, 0.3) is 0 Å². The van der Waals surface area contributed by atoms with Crippen molar-refractivity contribution in [1.29, 1.82) is 0 Å². The number of amides is 1. The van der Waals surface area contributed by atoms with E-state index in [9.17, 15) is 4.79 Å². The summed E-state index contributed by atoms with van der Waals surface area (Å²) in [6.07, 6.45) is 5.65. The molecule has 1 aliphatic rings. The van der Waals surface area contributed by atoms with Gasteiger partial charge in [-0.25, -0.2) is 0 Å². The Hall–Kier alpha value is -1.46. The van der Waals surface area contributed by atoms with E-state index in [0.717, 1.165) is 18.4 Å². The van der Waals surface area contributed by atoms with Crippen molar-refractivity contribution in [1.82, 2.24) is 5.32 Å². The third kappa shape index (κ3) is 4.61. The van der Waals surface area contributed by atoms with E-state index in [-0.39, 0.29) is 11.8 Å². The first kappa shape index (κ1) is 14.0. The highest BCUT2D eigenvalue weighted by molar-refractivity contribution is 6.30. The van der Waals surface area contributed by atoms with Crippen LogP contribution in [0, 0.1) is 17.8 Å². The zero-order valence-electron chi connectivity index (χ0n) is 10.9. The Morgan fingerprint density at radius 3 is 2.84 bits per heavy atom. The van der Waals surface area contributed by atoms with Crippen LogP contribution in [0.3, 0.4) is 0 Å². The van der Waals surface area contributed by atoms with Gasteiger partial charge in [-0.15, -0.1) is 0 Å². The number of benzene rings is 1. The van der Waals surface area contributed by atoms with Gasteiger partial charge in [-0.05, 0) is 31.0 Å². The minimum Gasteiger partial charge on any atom is -0.345 e. The van der Waals surface area contributed by atoms with E-state index in [1.54, 1.807) is 0 Å². The topological polar surface area (TPSA) is 29.1 Å². The molecule has 0 radical (unpaired) electrons. The van der Waals surface area contributed by atoms with E-state index in [4.69, 9.17) is 11.6 Å². The molecular formula is C16H18ClNO. The van der Waals surface area contributed by atoms with Crippen LogP contribution in [-0.2, 0) is 4.79 Å². The minimum atomic E-state index is 0.153. The second-order valence-corrected chi connectivity index (χ2v) is 5.30. The number of carbonyl (C=O) groups is 1. The van der Waals surface area contributed by atoms with Gasteiger partial charge in [0.2, 0.25) is 5.91 Å². The normalized spacial score (nSPS) is 15.4. The van der Waals surface area contributed by atoms with E-state index in [0.29, 0.717) is 11.6 Å². The van der Waals surface area contributed by atoms with Crippen LogP contribution in [0.5, 0.6) is 0 Å². The van der Waals surface area contributed by atoms with Crippen molar-refractivity contribution in [2.24, 2.45) is 5.92 Å². The fourth-order valence-corrected chi connectivity index (χ4v) is 2.54. The van der Waals surface area contributed by atoms with Gasteiger partial charge in [0.1, 0.15) is 0 Å². The van der Waals surface area contributed by atoms with Crippen LogP contribution in [0.4, 0.5) is 0 Å². The fraction of sp³-hybridized carbons (Fsp3) is 0.438. The molecule has 19 heavy (non-hydrogen) atoms. The van der Waals surface area contributed by atoms with E-state index in [2.05, 4.69) is 17.2 Å². The third-order valence-electron chi connectivity index (χ3n) is 3.38. The molecule has 0 saturated heterocycles. The lowest BCUT2D eigenvalue weighted by atomic mass is 9.89. The summed E-state index contributed by atoms with van der Waals surface area (Å²) in [5.74, 6) is 6.30. The summed E-state index contributed by atoms with van der Waals surface area (Å²) >= 11 is 5.87. The first-order chi connectivity index (χ1) is 9.25. The Kier molecular flexibility index (Phi) is 5.30. The standard InChI is InChI=1S/C16H18ClNO/c17-15-10-4-6-13(12-15)7-5-11-18-16(19)14-8-2-1-3-9-14/h4,6,10,12,14H,1-3,8-9,11H2,(H,18,19). The summed E-state index contributed by atoms with van der Waals surface area (Å²) in [6.45, 7) is 0.405. The Balaban J connectivity index is 1.78. The van der Waals surface area contributed by atoms with Gasteiger partial charge in [-0.2, -0.15) is 0 Å². The fourth-order valence-electron chi connectivity index (χ4n) is 2.35. The van der Waals surface area contributed by atoms with Gasteiger partial charge in [0, 0.05) is 16.5 Å². The van der Waals surface area contributed by atoms with Crippen molar-refractivity contribution < 1.29 is 4.79 Å². The Morgan fingerprint density at radius 1 is 1.32 bits per heavy atom. The van der Waals surface area contributed by atoms with E-state index < -0.39 is 0 Å². The summed E-state index contributed by atoms with van der Waals surface area (Å²) in [6, 6.07) is 7.41. The maximum Gasteiger partial charge on any atom is 0.223 e. The molecule has 1 fully saturated rings. The molecule has 0 atom stereocenters. The molecule has 0 aromatic heterocycles. The van der Waals surface area contributed by atoms with Crippen LogP contribution in [0.25, 0.3) is 0 Å². The summed E-state index contributed by atoms with van der Waals surface area (Å²) in [7, 11) is 0. The molecule has 100 valence electrons. The molecule has 0 bridgehead atoms. The Labute approximate surface area is 119 Å². The average molecular weight is 276 g/mol. The maximum absolute atomic E-state index is 11.9. The van der Waals surface area contributed by atoms with Gasteiger partial charge in [0.15, 0.2) is 0 Å². The van der Waals surface area contributed by atoms with Crippen LogP contribution in [0.15, 0.2) is 24.3 Å². The number of hydrogen-bond donors (Lipinski definition) is 1. The number of halogens is 1. The van der Waals surface area contributed by atoms with Crippen molar-refractivity contribution in [2.75, 3.05) is 6.54 Å². The van der Waals surface area contributed by atoms with Crippen molar-refractivity contribution >= 4 is 17.5 Å². The van der Waals surface area contributed by atoms with Crippen LogP contribution < -0.4 is 5.32 Å². The zero-order valence-corrected chi connectivity index (χ0v) is 11.7. The second kappa shape index (κ2) is 7.21. The van der Waals surface area contributed by atoms with Gasteiger partial charge in [0.05, 0.1) is 6.54 Å². The molecule has 3 heteroatoms. The van der Waals surface area contributed by atoms with Gasteiger partial charge in [-0.3, -0.25) is 4.79 Å². The first-order valence-corrected chi connectivity index (χ1v) is 7.15. The molecule has 1 saturated carbocycles. The maximum atomic E-state index is 11.9. The van der Waals surface area contributed by atoms with Gasteiger partial charge < -0.3 is 5.32 Å². The average Bonchev–Trinajstić information content (AvgIpc) is 2.44. The molecule has 1 N–H and O–H groups in total. The van der Waals surface area contributed by atoms with Crippen LogP contribution in [-0.4, -0.2) is 12.5 Å². The first-order valence-electron chi connectivity index (χ1n) is 6.78.